The summed E-state index contributed by atoms with van der Waals surface area (Å²) in [5.41, 5.74) is 1.30. The first kappa shape index (κ1) is 12.3. The summed E-state index contributed by atoms with van der Waals surface area (Å²) in [6.07, 6.45) is 1.51. The lowest BCUT2D eigenvalue weighted by Crippen LogP contribution is -2.15. The van der Waals surface area contributed by atoms with Gasteiger partial charge in [0, 0.05) is 10.8 Å². The Morgan fingerprint density at radius 1 is 1.12 bits per heavy atom. The number of benzene rings is 1. The zero-order valence-corrected chi connectivity index (χ0v) is 10.9. The standard InChI is InChI=1S/C15H18OS/c1-12(15-8-5-11-17-15)14(16)10-9-13-6-3-2-4-7-13/h2-8,11-12,14,16H,9-10H2,1H3/t12-,14-/m1/s1. The Morgan fingerprint density at radius 3 is 2.53 bits per heavy atom. The largest absolute Gasteiger partial charge is 0.392 e. The third kappa shape index (κ3) is 3.42. The Balaban J connectivity index is 1.87. The number of rotatable bonds is 5. The van der Waals surface area contributed by atoms with Crippen LogP contribution in [0.3, 0.4) is 0 Å². The predicted molar refractivity (Wildman–Crippen MR) is 73.5 cm³/mol. The van der Waals surface area contributed by atoms with E-state index in [0.29, 0.717) is 0 Å². The topological polar surface area (TPSA) is 20.2 Å². The fourth-order valence-electron chi connectivity index (χ4n) is 1.95. The molecule has 2 heteroatoms. The SMILES string of the molecule is C[C@@H](c1cccs1)[C@H](O)CCc1ccccc1. The van der Waals surface area contributed by atoms with Gasteiger partial charge in [-0.3, -0.25) is 0 Å². The fraction of sp³-hybridized carbons (Fsp3) is 0.333. The number of aliphatic hydroxyl groups excluding tert-OH is 1. The molecule has 0 aliphatic carbocycles. The molecule has 0 saturated heterocycles. The Hall–Kier alpha value is -1.12. The van der Waals surface area contributed by atoms with E-state index in [1.807, 2.05) is 24.3 Å². The molecule has 2 atom stereocenters. The summed E-state index contributed by atoms with van der Waals surface area (Å²) >= 11 is 1.72. The van der Waals surface area contributed by atoms with Crippen LogP contribution in [0, 0.1) is 0 Å². The summed E-state index contributed by atoms with van der Waals surface area (Å²) in [6.45, 7) is 2.10. The maximum absolute atomic E-state index is 10.2. The zero-order chi connectivity index (χ0) is 12.1. The van der Waals surface area contributed by atoms with Gasteiger partial charge in [-0.1, -0.05) is 43.3 Å². The van der Waals surface area contributed by atoms with Crippen molar-refractivity contribution in [3.05, 3.63) is 58.3 Å². The summed E-state index contributed by atoms with van der Waals surface area (Å²) in [4.78, 5) is 1.27. The number of aryl methyl sites for hydroxylation is 1. The highest BCUT2D eigenvalue weighted by Crippen LogP contribution is 2.26. The molecule has 1 N–H and O–H groups in total. The maximum atomic E-state index is 10.2. The number of hydrogen-bond donors (Lipinski definition) is 1. The summed E-state index contributed by atoms with van der Waals surface area (Å²) in [5, 5.41) is 12.2. The van der Waals surface area contributed by atoms with Crippen molar-refractivity contribution in [3.8, 4) is 0 Å². The fourth-order valence-corrected chi connectivity index (χ4v) is 2.79. The molecule has 17 heavy (non-hydrogen) atoms. The van der Waals surface area contributed by atoms with E-state index in [4.69, 9.17) is 0 Å². The number of hydrogen-bond acceptors (Lipinski definition) is 2. The van der Waals surface area contributed by atoms with Gasteiger partial charge in [-0.05, 0) is 29.9 Å². The normalized spacial score (nSPS) is 14.5. The van der Waals surface area contributed by atoms with Crippen LogP contribution >= 0.6 is 11.3 Å². The van der Waals surface area contributed by atoms with Crippen LogP contribution in [0.15, 0.2) is 47.8 Å². The van der Waals surface area contributed by atoms with Crippen LogP contribution in [-0.4, -0.2) is 11.2 Å². The summed E-state index contributed by atoms with van der Waals surface area (Å²) < 4.78 is 0. The first-order chi connectivity index (χ1) is 8.27. The Labute approximate surface area is 107 Å². The minimum Gasteiger partial charge on any atom is -0.392 e. The van der Waals surface area contributed by atoms with E-state index in [9.17, 15) is 5.11 Å². The van der Waals surface area contributed by atoms with Crippen molar-refractivity contribution in [1.29, 1.82) is 0 Å². The minimum absolute atomic E-state index is 0.235. The smallest absolute Gasteiger partial charge is 0.0617 e. The van der Waals surface area contributed by atoms with Gasteiger partial charge in [0.15, 0.2) is 0 Å². The predicted octanol–water partition coefficient (Wildman–Crippen LogP) is 3.85. The molecule has 0 unspecified atom stereocenters. The molecule has 0 saturated carbocycles. The molecule has 1 aromatic heterocycles. The molecule has 0 fully saturated rings. The van der Waals surface area contributed by atoms with Crippen molar-refractivity contribution in [2.75, 3.05) is 0 Å². The molecule has 0 bridgehead atoms. The quantitative estimate of drug-likeness (QED) is 0.849. The van der Waals surface area contributed by atoms with Gasteiger partial charge in [0.25, 0.3) is 0 Å². The summed E-state index contributed by atoms with van der Waals surface area (Å²) in [7, 11) is 0. The first-order valence-corrected chi connectivity index (χ1v) is 6.90. The number of aliphatic hydroxyl groups is 1. The van der Waals surface area contributed by atoms with E-state index in [0.717, 1.165) is 12.8 Å². The van der Waals surface area contributed by atoms with E-state index < -0.39 is 0 Å². The average Bonchev–Trinajstić information content (AvgIpc) is 2.90. The van der Waals surface area contributed by atoms with Crippen LogP contribution in [0.1, 0.15) is 29.7 Å². The van der Waals surface area contributed by atoms with Gasteiger partial charge < -0.3 is 5.11 Å². The second-order valence-corrected chi connectivity index (χ2v) is 5.37. The minimum atomic E-state index is -0.256. The molecule has 90 valence electrons. The van der Waals surface area contributed by atoms with Crippen LogP contribution in [0.5, 0.6) is 0 Å². The Kier molecular flexibility index (Phi) is 4.35. The van der Waals surface area contributed by atoms with E-state index in [1.54, 1.807) is 11.3 Å². The van der Waals surface area contributed by atoms with Gasteiger partial charge in [-0.15, -0.1) is 11.3 Å². The molecule has 1 nitrogen and oxygen atoms in total. The molecular formula is C15H18OS. The molecule has 0 aliphatic heterocycles. The molecule has 0 spiro atoms. The van der Waals surface area contributed by atoms with E-state index in [-0.39, 0.29) is 12.0 Å². The zero-order valence-electron chi connectivity index (χ0n) is 10.0. The molecule has 1 aromatic carbocycles. The lowest BCUT2D eigenvalue weighted by molar-refractivity contribution is 0.141. The van der Waals surface area contributed by atoms with Crippen molar-refractivity contribution in [2.24, 2.45) is 0 Å². The highest BCUT2D eigenvalue weighted by atomic mass is 32.1. The van der Waals surface area contributed by atoms with Crippen LogP contribution in [-0.2, 0) is 6.42 Å². The van der Waals surface area contributed by atoms with Gasteiger partial charge in [0.05, 0.1) is 6.10 Å². The third-order valence-corrected chi connectivity index (χ3v) is 4.21. The molecule has 0 radical (unpaired) electrons. The van der Waals surface area contributed by atoms with Gasteiger partial charge in [-0.25, -0.2) is 0 Å². The molecule has 0 aliphatic rings. The molecular weight excluding hydrogens is 228 g/mol. The third-order valence-electron chi connectivity index (χ3n) is 3.14. The first-order valence-electron chi connectivity index (χ1n) is 6.03. The van der Waals surface area contributed by atoms with Crippen LogP contribution in [0.4, 0.5) is 0 Å². The van der Waals surface area contributed by atoms with Crippen LogP contribution in [0.2, 0.25) is 0 Å². The van der Waals surface area contributed by atoms with Crippen molar-refractivity contribution < 1.29 is 5.11 Å². The van der Waals surface area contributed by atoms with Crippen LogP contribution < -0.4 is 0 Å². The average molecular weight is 246 g/mol. The van der Waals surface area contributed by atoms with Crippen LogP contribution in [0.25, 0.3) is 0 Å². The van der Waals surface area contributed by atoms with E-state index in [2.05, 4.69) is 30.5 Å². The van der Waals surface area contributed by atoms with Gasteiger partial charge in [0.2, 0.25) is 0 Å². The highest BCUT2D eigenvalue weighted by Gasteiger charge is 2.16. The summed E-state index contributed by atoms with van der Waals surface area (Å²) in [6, 6.07) is 14.5. The van der Waals surface area contributed by atoms with Crippen molar-refractivity contribution in [1.82, 2.24) is 0 Å². The lowest BCUT2D eigenvalue weighted by Gasteiger charge is -2.17. The highest BCUT2D eigenvalue weighted by molar-refractivity contribution is 7.10. The molecule has 1 heterocycles. The van der Waals surface area contributed by atoms with Gasteiger partial charge >= 0.3 is 0 Å². The van der Waals surface area contributed by atoms with Crippen molar-refractivity contribution in [3.63, 3.8) is 0 Å². The molecule has 2 aromatic rings. The number of thiophene rings is 1. The van der Waals surface area contributed by atoms with Crippen molar-refractivity contribution in [2.45, 2.75) is 31.8 Å². The lowest BCUT2D eigenvalue weighted by atomic mass is 9.97. The van der Waals surface area contributed by atoms with Gasteiger partial charge in [0.1, 0.15) is 0 Å². The van der Waals surface area contributed by atoms with Gasteiger partial charge in [-0.2, -0.15) is 0 Å². The monoisotopic (exact) mass is 246 g/mol. The van der Waals surface area contributed by atoms with E-state index >= 15 is 0 Å². The molecule has 0 amide bonds. The Morgan fingerprint density at radius 2 is 1.88 bits per heavy atom. The second kappa shape index (κ2) is 5.99. The van der Waals surface area contributed by atoms with Crippen molar-refractivity contribution >= 4 is 11.3 Å². The molecule has 2 rings (SSSR count). The Bertz CT molecular complexity index is 421. The van der Waals surface area contributed by atoms with E-state index in [1.165, 1.54) is 10.4 Å². The maximum Gasteiger partial charge on any atom is 0.0617 e. The second-order valence-electron chi connectivity index (χ2n) is 4.40. The summed E-state index contributed by atoms with van der Waals surface area (Å²) in [5.74, 6) is 0.235.